The quantitative estimate of drug-likeness (QED) is 0.414. The molecule has 4 heterocycles. The molecule has 3 aromatic rings. The number of ether oxygens (including phenoxy) is 1. The largest absolute Gasteiger partial charge is 0.492 e. The van der Waals surface area contributed by atoms with E-state index in [-0.39, 0.29) is 11.3 Å². The van der Waals surface area contributed by atoms with E-state index in [0.29, 0.717) is 12.5 Å². The Morgan fingerprint density at radius 2 is 1.90 bits per heavy atom. The van der Waals surface area contributed by atoms with Crippen molar-refractivity contribution in [3.63, 3.8) is 0 Å². The van der Waals surface area contributed by atoms with Crippen molar-refractivity contribution in [2.75, 3.05) is 32.8 Å². The highest BCUT2D eigenvalue weighted by molar-refractivity contribution is 5.92. The number of hydrogen-bond acceptors (Lipinski definition) is 5. The van der Waals surface area contributed by atoms with E-state index in [1.54, 1.807) is 0 Å². The smallest absolute Gasteiger partial charge is 0.272 e. The summed E-state index contributed by atoms with van der Waals surface area (Å²) >= 11 is 0. The number of rotatable bonds is 5. The first kappa shape index (κ1) is 27.0. The molecule has 0 atom stereocenters. The molecule has 0 N–H and O–H groups in total. The van der Waals surface area contributed by atoms with Gasteiger partial charge in [0.15, 0.2) is 0 Å². The first-order chi connectivity index (χ1) is 19.6. The predicted octanol–water partition coefficient (Wildman–Crippen LogP) is 5.71. The molecule has 7 heteroatoms. The van der Waals surface area contributed by atoms with E-state index in [2.05, 4.69) is 58.1 Å². The van der Waals surface area contributed by atoms with Gasteiger partial charge in [-0.1, -0.05) is 30.7 Å². The van der Waals surface area contributed by atoms with Gasteiger partial charge in [0.05, 0.1) is 5.69 Å². The van der Waals surface area contributed by atoms with Gasteiger partial charge in [0.1, 0.15) is 18.1 Å². The molecule has 1 amide bonds. The maximum atomic E-state index is 13.7. The molecule has 3 aliphatic rings. The summed E-state index contributed by atoms with van der Waals surface area (Å²) in [6.07, 6.45) is 12.9. The molecule has 0 radical (unpaired) electrons. The highest BCUT2D eigenvalue weighted by Crippen LogP contribution is 2.41. The molecule has 1 saturated carbocycles. The Hall–Kier alpha value is -3.19. The van der Waals surface area contributed by atoms with Crippen LogP contribution in [0, 0.1) is 5.41 Å². The highest BCUT2D eigenvalue weighted by Gasteiger charge is 2.38. The summed E-state index contributed by atoms with van der Waals surface area (Å²) in [7, 11) is 0. The van der Waals surface area contributed by atoms with Gasteiger partial charge in [0, 0.05) is 57.6 Å². The lowest BCUT2D eigenvalue weighted by molar-refractivity contribution is 0.0354. The third-order valence-electron chi connectivity index (χ3n) is 9.15. The molecule has 1 spiro atoms. The fourth-order valence-electron chi connectivity index (χ4n) is 6.65. The number of hydrogen-bond donors (Lipinski definition) is 0. The SMILES string of the molecule is CCn1nc(C2CC2)cc1C(=O)N1CCC2(CCCCc3ccccc3OCCN(Cc3cccnc3)C2)CC1. The molecule has 0 unspecified atom stereocenters. The minimum Gasteiger partial charge on any atom is -0.492 e. The van der Waals surface area contributed by atoms with Crippen LogP contribution in [0.5, 0.6) is 5.75 Å². The van der Waals surface area contributed by atoms with Crippen molar-refractivity contribution in [3.8, 4) is 5.75 Å². The van der Waals surface area contributed by atoms with Crippen molar-refractivity contribution in [2.45, 2.75) is 77.3 Å². The van der Waals surface area contributed by atoms with E-state index in [9.17, 15) is 4.79 Å². The number of benzene rings is 1. The van der Waals surface area contributed by atoms with Crippen LogP contribution in [0.1, 0.15) is 85.1 Å². The van der Waals surface area contributed by atoms with Gasteiger partial charge in [0.25, 0.3) is 5.91 Å². The first-order valence-corrected chi connectivity index (χ1v) is 15.3. The number of para-hydroxylation sites is 1. The number of carbonyl (C=O) groups is 1. The van der Waals surface area contributed by atoms with Gasteiger partial charge >= 0.3 is 0 Å². The van der Waals surface area contributed by atoms with Crippen LogP contribution >= 0.6 is 0 Å². The van der Waals surface area contributed by atoms with E-state index < -0.39 is 0 Å². The molecular formula is C33H43N5O2. The van der Waals surface area contributed by atoms with Crippen LogP contribution in [0.15, 0.2) is 54.9 Å². The lowest BCUT2D eigenvalue weighted by Gasteiger charge is -2.45. The molecule has 1 aromatic carbocycles. The number of pyridine rings is 1. The fourth-order valence-corrected chi connectivity index (χ4v) is 6.65. The van der Waals surface area contributed by atoms with Crippen LogP contribution in [0.3, 0.4) is 0 Å². The highest BCUT2D eigenvalue weighted by atomic mass is 16.5. The Bertz CT molecular complexity index is 1280. The maximum Gasteiger partial charge on any atom is 0.272 e. The van der Waals surface area contributed by atoms with Gasteiger partial charge in [-0.25, -0.2) is 0 Å². The minimum absolute atomic E-state index is 0.154. The number of aromatic nitrogens is 3. The van der Waals surface area contributed by atoms with Gasteiger partial charge in [-0.3, -0.25) is 19.4 Å². The number of aryl methyl sites for hydroxylation is 2. The second kappa shape index (κ2) is 12.1. The van der Waals surface area contributed by atoms with Gasteiger partial charge in [-0.2, -0.15) is 5.10 Å². The lowest BCUT2D eigenvalue weighted by Crippen LogP contribution is -2.48. The molecule has 2 aliphatic heterocycles. The summed E-state index contributed by atoms with van der Waals surface area (Å²) in [4.78, 5) is 22.7. The second-order valence-corrected chi connectivity index (χ2v) is 12.1. The predicted molar refractivity (Wildman–Crippen MR) is 156 cm³/mol. The van der Waals surface area contributed by atoms with E-state index in [1.807, 2.05) is 23.1 Å². The van der Waals surface area contributed by atoms with Crippen molar-refractivity contribution < 1.29 is 9.53 Å². The van der Waals surface area contributed by atoms with Gasteiger partial charge < -0.3 is 9.64 Å². The lowest BCUT2D eigenvalue weighted by atomic mass is 9.73. The number of carbonyl (C=O) groups excluding carboxylic acids is 1. The summed E-state index contributed by atoms with van der Waals surface area (Å²) in [5.74, 6) is 1.74. The molecule has 212 valence electrons. The Balaban J connectivity index is 1.18. The Kier molecular flexibility index (Phi) is 8.19. The minimum atomic E-state index is 0.154. The van der Waals surface area contributed by atoms with Crippen molar-refractivity contribution in [1.29, 1.82) is 0 Å². The molecule has 40 heavy (non-hydrogen) atoms. The van der Waals surface area contributed by atoms with Gasteiger partial charge in [-0.15, -0.1) is 0 Å². The maximum absolute atomic E-state index is 13.7. The number of fused-ring (bicyclic) bond motifs is 1. The summed E-state index contributed by atoms with van der Waals surface area (Å²) in [5.41, 5.74) is 4.62. The third kappa shape index (κ3) is 6.25. The third-order valence-corrected chi connectivity index (χ3v) is 9.15. The molecule has 2 fully saturated rings. The Morgan fingerprint density at radius 3 is 2.67 bits per heavy atom. The van der Waals surface area contributed by atoms with E-state index in [1.165, 1.54) is 36.8 Å². The standard InChI is InChI=1S/C33H43N5O2/c1-2-38-30(22-29(35-38)27-12-13-27)32(39)37-18-15-33(16-19-37)14-6-5-10-28-9-3-4-11-31(28)40-21-20-36(25-33)24-26-8-7-17-34-23-26/h3-4,7-9,11,17,22-23,27H,2,5-6,10,12-16,18-21,24-25H2,1H3. The molecule has 2 aromatic heterocycles. The fraction of sp³-hybridized carbons (Fsp3) is 0.545. The molecule has 1 saturated heterocycles. The van der Waals surface area contributed by atoms with Crippen molar-refractivity contribution in [1.82, 2.24) is 24.6 Å². The summed E-state index contributed by atoms with van der Waals surface area (Å²) in [6.45, 7) is 7.86. The van der Waals surface area contributed by atoms with Gasteiger partial charge in [0.2, 0.25) is 0 Å². The summed E-state index contributed by atoms with van der Waals surface area (Å²) in [6, 6.07) is 14.8. The Labute approximate surface area is 238 Å². The average Bonchev–Trinajstić information content (AvgIpc) is 3.74. The zero-order valence-corrected chi connectivity index (χ0v) is 23.9. The van der Waals surface area contributed by atoms with E-state index in [4.69, 9.17) is 9.84 Å². The topological polar surface area (TPSA) is 63.5 Å². The van der Waals surface area contributed by atoms with Gasteiger partial charge in [-0.05, 0) is 86.6 Å². The van der Waals surface area contributed by atoms with Crippen LogP contribution < -0.4 is 4.74 Å². The Morgan fingerprint density at radius 1 is 1.05 bits per heavy atom. The molecule has 7 nitrogen and oxygen atoms in total. The molecular weight excluding hydrogens is 498 g/mol. The van der Waals surface area contributed by atoms with Crippen molar-refractivity contribution >= 4 is 5.91 Å². The number of likely N-dealkylation sites (tertiary alicyclic amines) is 1. The van der Waals surface area contributed by atoms with Crippen LogP contribution in [0.25, 0.3) is 0 Å². The average molecular weight is 542 g/mol. The van der Waals surface area contributed by atoms with Crippen molar-refractivity contribution in [2.24, 2.45) is 5.41 Å². The summed E-state index contributed by atoms with van der Waals surface area (Å²) < 4.78 is 8.25. The monoisotopic (exact) mass is 541 g/mol. The van der Waals surface area contributed by atoms with Crippen LogP contribution in [-0.2, 0) is 19.5 Å². The zero-order chi connectivity index (χ0) is 27.4. The molecule has 1 aliphatic carbocycles. The van der Waals surface area contributed by atoms with E-state index >= 15 is 0 Å². The van der Waals surface area contributed by atoms with Crippen LogP contribution in [0.4, 0.5) is 0 Å². The molecule has 0 bridgehead atoms. The van der Waals surface area contributed by atoms with Crippen molar-refractivity contribution in [3.05, 3.63) is 77.4 Å². The van der Waals surface area contributed by atoms with Crippen LogP contribution in [0.2, 0.25) is 0 Å². The number of amides is 1. The van der Waals surface area contributed by atoms with Crippen LogP contribution in [-0.4, -0.2) is 63.3 Å². The zero-order valence-electron chi connectivity index (χ0n) is 23.9. The number of piperidine rings is 1. The second-order valence-electron chi connectivity index (χ2n) is 12.1. The van der Waals surface area contributed by atoms with E-state index in [0.717, 1.165) is 82.1 Å². The molecule has 6 rings (SSSR count). The number of nitrogens with zero attached hydrogens (tertiary/aromatic N) is 5. The first-order valence-electron chi connectivity index (χ1n) is 15.3. The normalized spacial score (nSPS) is 20.3. The summed E-state index contributed by atoms with van der Waals surface area (Å²) in [5, 5.41) is 4.76.